The Hall–Kier alpha value is -0.870. The molecule has 0 aliphatic rings. The molecule has 2 heterocycles. The van der Waals surface area contributed by atoms with E-state index in [1.165, 1.54) is 4.88 Å². The summed E-state index contributed by atoms with van der Waals surface area (Å²) in [5.74, 6) is 1.54. The molecule has 0 aliphatic carbocycles. The zero-order valence-corrected chi connectivity index (χ0v) is 13.6. The summed E-state index contributed by atoms with van der Waals surface area (Å²) in [5.41, 5.74) is 0. The Morgan fingerprint density at radius 1 is 1.26 bits per heavy atom. The zero-order valence-electron chi connectivity index (χ0n) is 12.1. The van der Waals surface area contributed by atoms with Gasteiger partial charge in [0.2, 0.25) is 5.28 Å². The summed E-state index contributed by atoms with van der Waals surface area (Å²) >= 11 is 7.74. The zero-order chi connectivity index (χ0) is 14.2. The molecular weight excluding hydrogens is 278 g/mol. The number of fused-ring (bicyclic) bond motifs is 1. The van der Waals surface area contributed by atoms with Gasteiger partial charge >= 0.3 is 0 Å². The Morgan fingerprint density at radius 2 is 1.95 bits per heavy atom. The lowest BCUT2D eigenvalue weighted by molar-refractivity contribution is 0.567. The van der Waals surface area contributed by atoms with Crippen LogP contribution in [0, 0.1) is 12.8 Å². The first-order chi connectivity index (χ1) is 8.88. The molecule has 0 unspecified atom stereocenters. The number of nitrogens with zero attached hydrogens (tertiary/aromatic N) is 3. The van der Waals surface area contributed by atoms with Crippen molar-refractivity contribution in [1.82, 2.24) is 9.97 Å². The maximum absolute atomic E-state index is 6.08. The van der Waals surface area contributed by atoms with Crippen molar-refractivity contribution in [3.63, 3.8) is 0 Å². The molecule has 2 aromatic heterocycles. The Morgan fingerprint density at radius 3 is 2.53 bits per heavy atom. The number of hydrogen-bond donors (Lipinski definition) is 0. The molecule has 0 aliphatic heterocycles. The first-order valence-electron chi connectivity index (χ1n) is 6.58. The van der Waals surface area contributed by atoms with E-state index in [1.54, 1.807) is 11.3 Å². The molecule has 0 aromatic carbocycles. The van der Waals surface area contributed by atoms with Crippen LogP contribution in [-0.4, -0.2) is 22.6 Å². The highest BCUT2D eigenvalue weighted by atomic mass is 35.5. The van der Waals surface area contributed by atoms with Crippen LogP contribution < -0.4 is 4.90 Å². The molecule has 3 nitrogen and oxygen atoms in total. The number of thiophene rings is 1. The normalized spacial score (nSPS) is 11.8. The molecule has 0 N–H and O–H groups in total. The van der Waals surface area contributed by atoms with Gasteiger partial charge in [0, 0.05) is 17.5 Å². The van der Waals surface area contributed by atoms with Gasteiger partial charge in [-0.15, -0.1) is 11.3 Å². The van der Waals surface area contributed by atoms with Crippen molar-refractivity contribution in [2.45, 2.75) is 40.7 Å². The minimum absolute atomic E-state index is 0.332. The fourth-order valence-electron chi connectivity index (χ4n) is 2.16. The molecule has 0 spiro atoms. The smallest absolute Gasteiger partial charge is 0.225 e. The molecule has 0 amide bonds. The van der Waals surface area contributed by atoms with E-state index in [0.717, 1.165) is 22.6 Å². The van der Waals surface area contributed by atoms with E-state index >= 15 is 0 Å². The summed E-state index contributed by atoms with van der Waals surface area (Å²) in [5, 5.41) is 1.44. The van der Waals surface area contributed by atoms with Crippen LogP contribution in [0.1, 0.15) is 32.6 Å². The van der Waals surface area contributed by atoms with Crippen LogP contribution in [0.3, 0.4) is 0 Å². The van der Waals surface area contributed by atoms with Crippen LogP contribution in [0.5, 0.6) is 0 Å². The minimum atomic E-state index is 0.332. The molecule has 0 saturated carbocycles. The van der Waals surface area contributed by atoms with Crippen LogP contribution in [0.4, 0.5) is 5.82 Å². The van der Waals surface area contributed by atoms with E-state index in [2.05, 4.69) is 55.6 Å². The SMILES string of the molecule is Cc1cc2c(N(CC(C)C)C(C)C)nc(Cl)nc2s1. The predicted molar refractivity (Wildman–Crippen MR) is 84.5 cm³/mol. The van der Waals surface area contributed by atoms with Crippen molar-refractivity contribution in [3.05, 3.63) is 16.2 Å². The van der Waals surface area contributed by atoms with Gasteiger partial charge in [-0.3, -0.25) is 0 Å². The van der Waals surface area contributed by atoms with Crippen LogP contribution in [-0.2, 0) is 0 Å². The molecule has 5 heteroatoms. The molecule has 104 valence electrons. The highest BCUT2D eigenvalue weighted by Crippen LogP contribution is 2.32. The topological polar surface area (TPSA) is 29.0 Å². The number of hydrogen-bond acceptors (Lipinski definition) is 4. The third-order valence-corrected chi connectivity index (χ3v) is 4.04. The van der Waals surface area contributed by atoms with Crippen molar-refractivity contribution in [3.8, 4) is 0 Å². The quantitative estimate of drug-likeness (QED) is 0.777. The standard InChI is InChI=1S/C14H20ClN3S/c1-8(2)7-18(9(3)4)12-11-6-10(5)19-13(11)17-14(15)16-12/h6,8-9H,7H2,1-5H3. The Kier molecular flexibility index (Phi) is 4.31. The van der Waals surface area contributed by atoms with Crippen LogP contribution >= 0.6 is 22.9 Å². The third kappa shape index (κ3) is 3.18. The summed E-state index contributed by atoms with van der Waals surface area (Å²) in [7, 11) is 0. The van der Waals surface area contributed by atoms with Crippen LogP contribution in [0.2, 0.25) is 5.28 Å². The minimum Gasteiger partial charge on any atom is -0.353 e. The summed E-state index contributed by atoms with van der Waals surface area (Å²) in [6.07, 6.45) is 0. The number of anilines is 1. The summed E-state index contributed by atoms with van der Waals surface area (Å²) in [4.78, 5) is 13.3. The van der Waals surface area contributed by atoms with Crippen molar-refractivity contribution in [2.75, 3.05) is 11.4 Å². The molecule has 0 fully saturated rings. The van der Waals surface area contributed by atoms with Crippen molar-refractivity contribution in [2.24, 2.45) is 5.92 Å². The second-order valence-corrected chi connectivity index (χ2v) is 7.10. The number of rotatable bonds is 4. The summed E-state index contributed by atoms with van der Waals surface area (Å²) in [6, 6.07) is 2.54. The number of halogens is 1. The molecule has 0 saturated heterocycles. The Bertz CT molecular complexity index is 577. The molecule has 0 atom stereocenters. The van der Waals surface area contributed by atoms with Gasteiger partial charge < -0.3 is 4.90 Å². The van der Waals surface area contributed by atoms with E-state index < -0.39 is 0 Å². The average molecular weight is 298 g/mol. The molecule has 19 heavy (non-hydrogen) atoms. The Labute approximate surface area is 123 Å². The predicted octanol–water partition coefficient (Wildman–Crippen LogP) is 4.52. The second kappa shape index (κ2) is 5.63. The first-order valence-corrected chi connectivity index (χ1v) is 7.78. The van der Waals surface area contributed by atoms with Gasteiger partial charge in [0.1, 0.15) is 10.6 Å². The van der Waals surface area contributed by atoms with E-state index in [4.69, 9.17) is 11.6 Å². The Balaban J connectivity index is 2.57. The van der Waals surface area contributed by atoms with Gasteiger partial charge in [-0.25, -0.2) is 4.98 Å². The first kappa shape index (κ1) is 14.5. The summed E-state index contributed by atoms with van der Waals surface area (Å²) in [6.45, 7) is 11.9. The summed E-state index contributed by atoms with van der Waals surface area (Å²) < 4.78 is 0. The van der Waals surface area contributed by atoms with Gasteiger partial charge in [-0.05, 0) is 44.4 Å². The maximum Gasteiger partial charge on any atom is 0.225 e. The van der Waals surface area contributed by atoms with E-state index in [1.807, 2.05) is 0 Å². The second-order valence-electron chi connectivity index (χ2n) is 5.53. The third-order valence-electron chi connectivity index (χ3n) is 2.93. The van der Waals surface area contributed by atoms with Gasteiger partial charge in [-0.1, -0.05) is 13.8 Å². The number of aromatic nitrogens is 2. The van der Waals surface area contributed by atoms with Gasteiger partial charge in [-0.2, -0.15) is 4.98 Å². The molecule has 0 radical (unpaired) electrons. The van der Waals surface area contributed by atoms with E-state index in [9.17, 15) is 0 Å². The van der Waals surface area contributed by atoms with Gasteiger partial charge in [0.15, 0.2) is 0 Å². The average Bonchev–Trinajstić information content (AvgIpc) is 2.64. The fourth-order valence-corrected chi connectivity index (χ4v) is 3.24. The van der Waals surface area contributed by atoms with Gasteiger partial charge in [0.25, 0.3) is 0 Å². The molecule has 2 rings (SSSR count). The number of aryl methyl sites for hydroxylation is 1. The van der Waals surface area contributed by atoms with Crippen molar-refractivity contribution < 1.29 is 0 Å². The molecular formula is C14H20ClN3S. The van der Waals surface area contributed by atoms with E-state index in [0.29, 0.717) is 17.2 Å². The monoisotopic (exact) mass is 297 g/mol. The highest BCUT2D eigenvalue weighted by molar-refractivity contribution is 7.18. The van der Waals surface area contributed by atoms with Gasteiger partial charge in [0.05, 0.1) is 5.39 Å². The molecule has 2 aromatic rings. The lowest BCUT2D eigenvalue weighted by Gasteiger charge is -2.30. The highest BCUT2D eigenvalue weighted by Gasteiger charge is 2.19. The largest absolute Gasteiger partial charge is 0.353 e. The van der Waals surface area contributed by atoms with Crippen molar-refractivity contribution >= 4 is 39.0 Å². The molecule has 0 bridgehead atoms. The lowest BCUT2D eigenvalue weighted by Crippen LogP contribution is -2.35. The fraction of sp³-hybridized carbons (Fsp3) is 0.571. The lowest BCUT2D eigenvalue weighted by atomic mass is 10.1. The van der Waals surface area contributed by atoms with Crippen LogP contribution in [0.25, 0.3) is 10.2 Å². The van der Waals surface area contributed by atoms with Crippen LogP contribution in [0.15, 0.2) is 6.07 Å². The maximum atomic E-state index is 6.08. The van der Waals surface area contributed by atoms with Crippen molar-refractivity contribution in [1.29, 1.82) is 0 Å². The van der Waals surface area contributed by atoms with E-state index in [-0.39, 0.29) is 0 Å².